The summed E-state index contributed by atoms with van der Waals surface area (Å²) < 4.78 is 0. The number of thiophene rings is 1. The molecule has 0 aliphatic heterocycles. The lowest BCUT2D eigenvalue weighted by molar-refractivity contribution is -0.380. The Morgan fingerprint density at radius 1 is 1.20 bits per heavy atom. The van der Waals surface area contributed by atoms with Crippen molar-refractivity contribution < 1.29 is 9.72 Å². The number of benzene rings is 1. The molecule has 1 amide bonds. The zero-order valence-electron chi connectivity index (χ0n) is 10.6. The van der Waals surface area contributed by atoms with Crippen LogP contribution in [0.4, 0.5) is 10.7 Å². The molecular weight excluding hydrogens is 276 g/mol. The van der Waals surface area contributed by atoms with E-state index in [1.807, 2.05) is 18.2 Å². The lowest BCUT2D eigenvalue weighted by Crippen LogP contribution is -2.10. The zero-order valence-corrected chi connectivity index (χ0v) is 11.4. The molecule has 1 N–H and O–H groups in total. The molecule has 0 radical (unpaired) electrons. The van der Waals surface area contributed by atoms with E-state index in [2.05, 4.69) is 5.32 Å². The highest BCUT2D eigenvalue weighted by Gasteiger charge is 2.16. The predicted molar refractivity (Wildman–Crippen MR) is 77.4 cm³/mol. The van der Waals surface area contributed by atoms with Crippen molar-refractivity contribution >= 4 is 27.9 Å². The molecule has 1 aromatic carbocycles. The average Bonchev–Trinajstić information content (AvgIpc) is 3.07. The van der Waals surface area contributed by atoms with Gasteiger partial charge in [0.15, 0.2) is 0 Å². The number of hydrogen-bond donors (Lipinski definition) is 1. The summed E-state index contributed by atoms with van der Waals surface area (Å²) in [5.41, 5.74) is 3.36. The first-order valence-electron chi connectivity index (χ1n) is 6.31. The Kier molecular flexibility index (Phi) is 3.23. The number of nitrogens with one attached hydrogen (secondary N) is 1. The predicted octanol–water partition coefficient (Wildman–Crippen LogP) is 3.40. The maximum Gasteiger partial charge on any atom is 0.324 e. The summed E-state index contributed by atoms with van der Waals surface area (Å²) in [6.45, 7) is 0. The molecule has 0 spiro atoms. The minimum absolute atomic E-state index is 0.0240. The van der Waals surface area contributed by atoms with Crippen LogP contribution in [0.1, 0.15) is 27.2 Å². The summed E-state index contributed by atoms with van der Waals surface area (Å²) in [5, 5.41) is 13.4. The van der Waals surface area contributed by atoms with Gasteiger partial charge in [-0.05, 0) is 48.6 Å². The van der Waals surface area contributed by atoms with Gasteiger partial charge in [0.05, 0.1) is 9.80 Å². The number of carbonyl (C=O) groups is 1. The van der Waals surface area contributed by atoms with E-state index >= 15 is 0 Å². The Balaban J connectivity index is 1.76. The van der Waals surface area contributed by atoms with Gasteiger partial charge in [-0.25, -0.2) is 0 Å². The van der Waals surface area contributed by atoms with Crippen LogP contribution in [0.5, 0.6) is 0 Å². The third-order valence-electron chi connectivity index (χ3n) is 3.35. The zero-order chi connectivity index (χ0) is 14.1. The minimum Gasteiger partial charge on any atom is -0.321 e. The summed E-state index contributed by atoms with van der Waals surface area (Å²) in [5.74, 6) is -0.305. The molecule has 3 rings (SSSR count). The number of fused-ring (bicyclic) bond motifs is 1. The quantitative estimate of drug-likeness (QED) is 0.695. The first-order valence-corrected chi connectivity index (χ1v) is 7.12. The lowest BCUT2D eigenvalue weighted by atomic mass is 10.1. The molecule has 102 valence electrons. The van der Waals surface area contributed by atoms with Crippen molar-refractivity contribution in [2.75, 3.05) is 5.32 Å². The number of anilines is 1. The Hall–Kier alpha value is -2.21. The van der Waals surface area contributed by atoms with Gasteiger partial charge in [-0.3, -0.25) is 14.9 Å². The summed E-state index contributed by atoms with van der Waals surface area (Å²) in [6, 6.07) is 8.73. The van der Waals surface area contributed by atoms with Gasteiger partial charge in [-0.2, -0.15) is 0 Å². The highest BCUT2D eigenvalue weighted by molar-refractivity contribution is 7.17. The van der Waals surface area contributed by atoms with E-state index in [-0.39, 0.29) is 10.9 Å². The number of rotatable bonds is 3. The Labute approximate surface area is 119 Å². The van der Waals surface area contributed by atoms with E-state index < -0.39 is 4.92 Å². The standard InChI is InChI=1S/C14H12N2O3S/c17-14(12-6-7-13(20-12)16(18)19)15-11-5-4-9-2-1-3-10(9)8-11/h4-8H,1-3H2,(H,15,17). The smallest absolute Gasteiger partial charge is 0.321 e. The molecule has 6 heteroatoms. The average molecular weight is 288 g/mol. The second-order valence-electron chi connectivity index (χ2n) is 4.69. The lowest BCUT2D eigenvalue weighted by Gasteiger charge is -2.06. The largest absolute Gasteiger partial charge is 0.324 e. The Morgan fingerprint density at radius 3 is 2.75 bits per heavy atom. The number of aryl methyl sites for hydroxylation is 2. The molecule has 0 fully saturated rings. The second-order valence-corrected chi connectivity index (χ2v) is 5.75. The molecule has 1 heterocycles. The topological polar surface area (TPSA) is 72.2 Å². The fourth-order valence-electron chi connectivity index (χ4n) is 2.39. The number of amides is 1. The van der Waals surface area contributed by atoms with Gasteiger partial charge < -0.3 is 5.32 Å². The number of nitrogens with zero attached hydrogens (tertiary/aromatic N) is 1. The maximum atomic E-state index is 12.0. The van der Waals surface area contributed by atoms with E-state index in [0.717, 1.165) is 36.3 Å². The number of hydrogen-bond acceptors (Lipinski definition) is 4. The molecule has 20 heavy (non-hydrogen) atoms. The molecule has 1 aliphatic rings. The molecule has 1 aromatic heterocycles. The van der Waals surface area contributed by atoms with Crippen molar-refractivity contribution in [3.05, 3.63) is 56.5 Å². The van der Waals surface area contributed by atoms with Crippen LogP contribution in [-0.2, 0) is 12.8 Å². The van der Waals surface area contributed by atoms with Crippen LogP contribution in [0.25, 0.3) is 0 Å². The molecule has 0 atom stereocenters. The molecule has 2 aromatic rings. The number of nitro groups is 1. The van der Waals surface area contributed by atoms with Gasteiger partial charge in [-0.1, -0.05) is 17.4 Å². The fourth-order valence-corrected chi connectivity index (χ4v) is 3.11. The Morgan fingerprint density at radius 2 is 2.00 bits per heavy atom. The molecule has 5 nitrogen and oxygen atoms in total. The van der Waals surface area contributed by atoms with Gasteiger partial charge in [0.2, 0.25) is 0 Å². The van der Waals surface area contributed by atoms with E-state index in [9.17, 15) is 14.9 Å². The molecule has 1 aliphatic carbocycles. The van der Waals surface area contributed by atoms with Gasteiger partial charge >= 0.3 is 5.00 Å². The van der Waals surface area contributed by atoms with Crippen LogP contribution in [0, 0.1) is 10.1 Å². The van der Waals surface area contributed by atoms with Crippen LogP contribution in [0.3, 0.4) is 0 Å². The van der Waals surface area contributed by atoms with Gasteiger partial charge in [0.25, 0.3) is 5.91 Å². The third kappa shape index (κ3) is 2.42. The summed E-state index contributed by atoms with van der Waals surface area (Å²) in [4.78, 5) is 22.5. The first-order chi connectivity index (χ1) is 9.63. The van der Waals surface area contributed by atoms with E-state index in [1.54, 1.807) is 0 Å². The van der Waals surface area contributed by atoms with Crippen molar-refractivity contribution in [2.24, 2.45) is 0 Å². The fraction of sp³-hybridized carbons (Fsp3) is 0.214. The maximum absolute atomic E-state index is 12.0. The van der Waals surface area contributed by atoms with Crippen LogP contribution in [0.15, 0.2) is 30.3 Å². The molecule has 0 saturated heterocycles. The van der Waals surface area contributed by atoms with Crippen LogP contribution < -0.4 is 5.32 Å². The van der Waals surface area contributed by atoms with Crippen molar-refractivity contribution in [1.82, 2.24) is 0 Å². The molecular formula is C14H12N2O3S. The van der Waals surface area contributed by atoms with Crippen LogP contribution >= 0.6 is 11.3 Å². The minimum atomic E-state index is -0.489. The van der Waals surface area contributed by atoms with Crippen molar-refractivity contribution in [3.8, 4) is 0 Å². The molecule has 0 saturated carbocycles. The van der Waals surface area contributed by atoms with Gasteiger partial charge in [0.1, 0.15) is 0 Å². The third-order valence-corrected chi connectivity index (χ3v) is 4.39. The summed E-state index contributed by atoms with van der Waals surface area (Å²) >= 11 is 0.883. The highest BCUT2D eigenvalue weighted by Crippen LogP contribution is 2.27. The molecule has 0 unspecified atom stereocenters. The van der Waals surface area contributed by atoms with E-state index in [0.29, 0.717) is 4.88 Å². The van der Waals surface area contributed by atoms with Crippen molar-refractivity contribution in [1.29, 1.82) is 0 Å². The monoisotopic (exact) mass is 288 g/mol. The first kappa shape index (κ1) is 12.8. The second kappa shape index (κ2) is 5.05. The molecule has 0 bridgehead atoms. The highest BCUT2D eigenvalue weighted by atomic mass is 32.1. The summed E-state index contributed by atoms with van der Waals surface area (Å²) in [7, 11) is 0. The van der Waals surface area contributed by atoms with Crippen LogP contribution in [0.2, 0.25) is 0 Å². The van der Waals surface area contributed by atoms with E-state index in [1.165, 1.54) is 23.3 Å². The van der Waals surface area contributed by atoms with E-state index in [4.69, 9.17) is 0 Å². The van der Waals surface area contributed by atoms with Crippen molar-refractivity contribution in [2.45, 2.75) is 19.3 Å². The SMILES string of the molecule is O=C(Nc1ccc2c(c1)CCC2)c1ccc([N+](=O)[O-])s1. The van der Waals surface area contributed by atoms with Crippen LogP contribution in [-0.4, -0.2) is 10.8 Å². The number of carbonyl (C=O) groups excluding carboxylic acids is 1. The van der Waals surface area contributed by atoms with Gasteiger partial charge in [-0.15, -0.1) is 0 Å². The van der Waals surface area contributed by atoms with Gasteiger partial charge in [0, 0.05) is 11.8 Å². The normalized spacial score (nSPS) is 13.0. The van der Waals surface area contributed by atoms with Crippen molar-refractivity contribution in [3.63, 3.8) is 0 Å². The Bertz CT molecular complexity index is 693. The summed E-state index contributed by atoms with van der Waals surface area (Å²) in [6.07, 6.45) is 3.30.